The van der Waals surface area contributed by atoms with Crippen molar-refractivity contribution in [3.05, 3.63) is 42.0 Å². The molecule has 1 rings (SSSR count). The minimum Gasteiger partial charge on any atom is -0.480 e. The van der Waals surface area contributed by atoms with Gasteiger partial charge in [-0.15, -0.1) is 13.2 Å². The smallest absolute Gasteiger partial charge is 0.480 e. The summed E-state index contributed by atoms with van der Waals surface area (Å²) in [4.78, 5) is 11.3. The summed E-state index contributed by atoms with van der Waals surface area (Å²) in [7, 11) is 0. The molecule has 1 aromatic carbocycles. The van der Waals surface area contributed by atoms with Gasteiger partial charge in [0.25, 0.3) is 0 Å². The molecule has 0 fully saturated rings. The Labute approximate surface area is 113 Å². The molecule has 0 aromatic heterocycles. The number of halogens is 3. The second kappa shape index (κ2) is 5.96. The molecular weight excluding hydrogens is 277 g/mol. The third-order valence-electron chi connectivity index (χ3n) is 2.69. The minimum absolute atomic E-state index is 0.268. The molecule has 20 heavy (non-hydrogen) atoms. The van der Waals surface area contributed by atoms with Crippen LogP contribution in [0.4, 0.5) is 13.2 Å². The van der Waals surface area contributed by atoms with Crippen LogP contribution in [0, 0.1) is 0 Å². The molecule has 0 aliphatic heterocycles. The molecule has 0 bridgehead atoms. The lowest BCUT2D eigenvalue weighted by atomic mass is 9.82. The second-order valence-corrected chi connectivity index (χ2v) is 4.16. The predicted molar refractivity (Wildman–Crippen MR) is 64.3 cm³/mol. The number of carboxylic acid groups (broad SMARTS) is 1. The zero-order valence-corrected chi connectivity index (χ0v) is 10.5. The fourth-order valence-corrected chi connectivity index (χ4v) is 1.58. The molecule has 1 atom stereocenters. The average molecular weight is 290 g/mol. The Balaban J connectivity index is 3.06. The SMILES string of the molecule is CC(/C=C/CO)(C(=O)O)c1ccc(OC(F)(F)F)cc1. The molecule has 0 saturated heterocycles. The van der Waals surface area contributed by atoms with Crippen LogP contribution in [0.15, 0.2) is 36.4 Å². The van der Waals surface area contributed by atoms with Gasteiger partial charge in [-0.05, 0) is 24.6 Å². The highest BCUT2D eigenvalue weighted by atomic mass is 19.4. The van der Waals surface area contributed by atoms with Gasteiger partial charge in [0.05, 0.1) is 6.61 Å². The van der Waals surface area contributed by atoms with Crippen molar-refractivity contribution in [1.29, 1.82) is 0 Å². The van der Waals surface area contributed by atoms with Crippen LogP contribution in [-0.2, 0) is 10.2 Å². The van der Waals surface area contributed by atoms with E-state index in [1.54, 1.807) is 0 Å². The minimum atomic E-state index is -4.80. The van der Waals surface area contributed by atoms with Crippen molar-refractivity contribution >= 4 is 5.97 Å². The Bertz CT molecular complexity index is 493. The van der Waals surface area contributed by atoms with Gasteiger partial charge in [-0.1, -0.05) is 24.3 Å². The molecule has 1 unspecified atom stereocenters. The predicted octanol–water partition coefficient (Wildman–Crippen LogP) is 2.48. The van der Waals surface area contributed by atoms with Gasteiger partial charge in [0.2, 0.25) is 0 Å². The summed E-state index contributed by atoms with van der Waals surface area (Å²) in [6.45, 7) is 1.04. The van der Waals surface area contributed by atoms with Crippen LogP contribution < -0.4 is 4.74 Å². The van der Waals surface area contributed by atoms with Crippen LogP contribution in [0.5, 0.6) is 5.75 Å². The van der Waals surface area contributed by atoms with E-state index in [0.29, 0.717) is 0 Å². The highest BCUT2D eigenvalue weighted by molar-refractivity contribution is 5.83. The Morgan fingerprint density at radius 2 is 1.85 bits per heavy atom. The number of aliphatic carboxylic acids is 1. The third-order valence-corrected chi connectivity index (χ3v) is 2.69. The molecule has 0 saturated carbocycles. The van der Waals surface area contributed by atoms with Crippen LogP contribution in [0.25, 0.3) is 0 Å². The van der Waals surface area contributed by atoms with E-state index < -0.39 is 23.5 Å². The molecule has 0 radical (unpaired) electrons. The monoisotopic (exact) mass is 290 g/mol. The van der Waals surface area contributed by atoms with Gasteiger partial charge >= 0.3 is 12.3 Å². The Kier molecular flexibility index (Phi) is 4.78. The summed E-state index contributed by atoms with van der Waals surface area (Å²) in [6, 6.07) is 4.54. The van der Waals surface area contributed by atoms with Gasteiger partial charge in [0.15, 0.2) is 0 Å². The van der Waals surface area contributed by atoms with Crippen molar-refractivity contribution in [3.63, 3.8) is 0 Å². The maximum Gasteiger partial charge on any atom is 0.573 e. The quantitative estimate of drug-likeness (QED) is 0.818. The molecule has 0 spiro atoms. The lowest BCUT2D eigenvalue weighted by Gasteiger charge is -2.21. The van der Waals surface area contributed by atoms with Crippen molar-refractivity contribution in [2.75, 3.05) is 6.61 Å². The molecule has 4 nitrogen and oxygen atoms in total. The first-order chi connectivity index (χ1) is 9.19. The first-order valence-electron chi connectivity index (χ1n) is 5.57. The first-order valence-corrected chi connectivity index (χ1v) is 5.57. The number of carboxylic acids is 1. The zero-order valence-electron chi connectivity index (χ0n) is 10.5. The Morgan fingerprint density at radius 3 is 2.25 bits per heavy atom. The molecule has 0 aliphatic carbocycles. The highest BCUT2D eigenvalue weighted by Gasteiger charge is 2.34. The standard InChI is InChI=1S/C13H13F3O4/c1-12(11(18)19,7-2-8-17)9-3-5-10(6-4-9)20-13(14,15)16/h2-7,17H,8H2,1H3,(H,18,19)/b7-2+. The van der Waals surface area contributed by atoms with Crippen LogP contribution in [0.3, 0.4) is 0 Å². The number of hydrogen-bond acceptors (Lipinski definition) is 3. The van der Waals surface area contributed by atoms with E-state index in [4.69, 9.17) is 5.11 Å². The van der Waals surface area contributed by atoms with Crippen LogP contribution in [-0.4, -0.2) is 29.2 Å². The number of alkyl halides is 3. The van der Waals surface area contributed by atoms with Crippen LogP contribution >= 0.6 is 0 Å². The van der Waals surface area contributed by atoms with E-state index in [-0.39, 0.29) is 12.2 Å². The van der Waals surface area contributed by atoms with Crippen molar-refractivity contribution in [2.24, 2.45) is 0 Å². The van der Waals surface area contributed by atoms with E-state index in [1.165, 1.54) is 31.2 Å². The summed E-state index contributed by atoms with van der Waals surface area (Å²) >= 11 is 0. The number of benzene rings is 1. The number of aliphatic hydroxyl groups excluding tert-OH is 1. The molecule has 0 amide bonds. The maximum absolute atomic E-state index is 12.0. The first kappa shape index (κ1) is 16.0. The van der Waals surface area contributed by atoms with Gasteiger partial charge in [-0.3, -0.25) is 4.79 Å². The fourth-order valence-electron chi connectivity index (χ4n) is 1.58. The van der Waals surface area contributed by atoms with Crippen molar-refractivity contribution in [3.8, 4) is 5.75 Å². The van der Waals surface area contributed by atoms with Gasteiger partial charge in [-0.25, -0.2) is 0 Å². The topological polar surface area (TPSA) is 66.8 Å². The van der Waals surface area contributed by atoms with E-state index in [0.717, 1.165) is 12.1 Å². The van der Waals surface area contributed by atoms with Crippen molar-refractivity contribution in [2.45, 2.75) is 18.7 Å². The lowest BCUT2D eigenvalue weighted by Crippen LogP contribution is -2.30. The lowest BCUT2D eigenvalue weighted by molar-refractivity contribution is -0.274. The van der Waals surface area contributed by atoms with Gasteiger partial charge < -0.3 is 14.9 Å². The maximum atomic E-state index is 12.0. The summed E-state index contributed by atoms with van der Waals surface area (Å²) in [5.74, 6) is -1.62. The van der Waals surface area contributed by atoms with E-state index in [2.05, 4.69) is 4.74 Å². The molecule has 2 N–H and O–H groups in total. The van der Waals surface area contributed by atoms with Crippen LogP contribution in [0.1, 0.15) is 12.5 Å². The largest absolute Gasteiger partial charge is 0.573 e. The summed E-state index contributed by atoms with van der Waals surface area (Å²) in [6.07, 6.45) is -2.27. The zero-order chi connectivity index (χ0) is 15.4. The van der Waals surface area contributed by atoms with Gasteiger partial charge in [0, 0.05) is 0 Å². The number of carbonyl (C=O) groups is 1. The third kappa shape index (κ3) is 3.99. The highest BCUT2D eigenvalue weighted by Crippen LogP contribution is 2.29. The Hall–Kier alpha value is -2.02. The molecular formula is C13H13F3O4. The van der Waals surface area contributed by atoms with Crippen molar-refractivity contribution < 1.29 is 32.9 Å². The number of rotatable bonds is 5. The second-order valence-electron chi connectivity index (χ2n) is 4.16. The average Bonchev–Trinajstić information content (AvgIpc) is 2.34. The summed E-state index contributed by atoms with van der Waals surface area (Å²) in [5, 5.41) is 17.9. The summed E-state index contributed by atoms with van der Waals surface area (Å²) in [5.41, 5.74) is -1.18. The summed E-state index contributed by atoms with van der Waals surface area (Å²) < 4.78 is 39.8. The fraction of sp³-hybridized carbons (Fsp3) is 0.308. The molecule has 0 heterocycles. The molecule has 110 valence electrons. The van der Waals surface area contributed by atoms with Crippen LogP contribution in [0.2, 0.25) is 0 Å². The van der Waals surface area contributed by atoms with Gasteiger partial charge in [-0.2, -0.15) is 0 Å². The molecule has 1 aromatic rings. The molecule has 7 heteroatoms. The number of ether oxygens (including phenoxy) is 1. The van der Waals surface area contributed by atoms with Crippen molar-refractivity contribution in [1.82, 2.24) is 0 Å². The normalized spacial score (nSPS) is 15.1. The number of hydrogen-bond donors (Lipinski definition) is 2. The van der Waals surface area contributed by atoms with E-state index in [1.807, 2.05) is 0 Å². The van der Waals surface area contributed by atoms with Gasteiger partial charge in [0.1, 0.15) is 11.2 Å². The molecule has 0 aliphatic rings. The number of aliphatic hydroxyl groups is 1. The van der Waals surface area contributed by atoms with E-state index in [9.17, 15) is 23.1 Å². The van der Waals surface area contributed by atoms with E-state index >= 15 is 0 Å². The Morgan fingerprint density at radius 1 is 1.30 bits per heavy atom.